The third-order valence-corrected chi connectivity index (χ3v) is 5.82. The first kappa shape index (κ1) is 22.1. The molecule has 150 valence electrons. The molecule has 0 spiro atoms. The van der Waals surface area contributed by atoms with Gasteiger partial charge >= 0.3 is 0 Å². The molecule has 1 aliphatic heterocycles. The first-order valence-corrected chi connectivity index (χ1v) is 10.3. The monoisotopic (exact) mass is 502 g/mol. The van der Waals surface area contributed by atoms with E-state index in [-0.39, 0.29) is 24.0 Å². The smallest absolute Gasteiger partial charge is 0.194 e. The van der Waals surface area contributed by atoms with Gasteiger partial charge in [-0.15, -0.1) is 45.5 Å². The zero-order valence-corrected chi connectivity index (χ0v) is 19.8. The second-order valence-electron chi connectivity index (χ2n) is 7.53. The van der Waals surface area contributed by atoms with Gasteiger partial charge in [-0.2, -0.15) is 0 Å². The predicted molar refractivity (Wildman–Crippen MR) is 123 cm³/mol. The predicted octanol–water partition coefficient (Wildman–Crippen LogP) is 3.82. The van der Waals surface area contributed by atoms with E-state index < -0.39 is 0 Å². The quantitative estimate of drug-likeness (QED) is 0.371. The van der Waals surface area contributed by atoms with Gasteiger partial charge in [0.15, 0.2) is 11.8 Å². The SMILES string of the molecule is Cc1nnc(CN=C(NCc2cccs2)N2CCC(CC(C)C)C2)n1C.I. The summed E-state index contributed by atoms with van der Waals surface area (Å²) in [6.45, 7) is 10.1. The molecule has 0 aromatic carbocycles. The molecular formula is C19H31IN6S. The van der Waals surface area contributed by atoms with E-state index in [1.54, 1.807) is 11.3 Å². The molecule has 3 heterocycles. The van der Waals surface area contributed by atoms with Crippen LogP contribution in [-0.4, -0.2) is 38.7 Å². The molecule has 0 amide bonds. The minimum Gasteiger partial charge on any atom is -0.351 e. The molecule has 1 saturated heterocycles. The molecule has 1 atom stereocenters. The van der Waals surface area contributed by atoms with Crippen molar-refractivity contribution in [2.75, 3.05) is 13.1 Å². The normalized spacial score (nSPS) is 17.4. The Hall–Kier alpha value is -1.16. The lowest BCUT2D eigenvalue weighted by Crippen LogP contribution is -2.39. The highest BCUT2D eigenvalue weighted by molar-refractivity contribution is 14.0. The van der Waals surface area contributed by atoms with Gasteiger partial charge in [0.1, 0.15) is 12.4 Å². The van der Waals surface area contributed by atoms with E-state index in [0.717, 1.165) is 49.1 Å². The molecule has 8 heteroatoms. The Bertz CT molecular complexity index is 725. The molecule has 0 bridgehead atoms. The van der Waals surface area contributed by atoms with Crippen LogP contribution in [0.15, 0.2) is 22.5 Å². The first-order valence-electron chi connectivity index (χ1n) is 9.43. The summed E-state index contributed by atoms with van der Waals surface area (Å²) >= 11 is 1.77. The average molecular weight is 502 g/mol. The number of rotatable bonds is 6. The number of halogens is 1. The van der Waals surface area contributed by atoms with E-state index in [1.807, 2.05) is 18.5 Å². The van der Waals surface area contributed by atoms with E-state index in [0.29, 0.717) is 6.54 Å². The topological polar surface area (TPSA) is 58.3 Å². The van der Waals surface area contributed by atoms with Crippen LogP contribution >= 0.6 is 35.3 Å². The van der Waals surface area contributed by atoms with Crippen molar-refractivity contribution in [3.05, 3.63) is 34.0 Å². The Labute approximate surface area is 183 Å². The van der Waals surface area contributed by atoms with Crippen molar-refractivity contribution in [1.29, 1.82) is 0 Å². The molecule has 2 aromatic heterocycles. The highest BCUT2D eigenvalue weighted by atomic mass is 127. The maximum atomic E-state index is 4.88. The standard InChI is InChI=1S/C19H30N6S.HI/c1-14(2)10-16-7-8-25(13-16)19(20-11-17-6-5-9-26-17)21-12-18-23-22-15(3)24(18)4;/h5-6,9,14,16H,7-8,10-13H2,1-4H3,(H,20,21);1H. The molecule has 1 N–H and O–H groups in total. The summed E-state index contributed by atoms with van der Waals surface area (Å²) < 4.78 is 2.01. The molecule has 0 aliphatic carbocycles. The average Bonchev–Trinajstić information content (AvgIpc) is 3.33. The number of hydrogen-bond donors (Lipinski definition) is 1. The van der Waals surface area contributed by atoms with E-state index in [1.165, 1.54) is 17.7 Å². The van der Waals surface area contributed by atoms with Gasteiger partial charge in [-0.25, -0.2) is 4.99 Å². The van der Waals surface area contributed by atoms with E-state index in [2.05, 4.69) is 51.8 Å². The second kappa shape index (κ2) is 10.4. The van der Waals surface area contributed by atoms with Crippen LogP contribution in [0.1, 0.15) is 43.2 Å². The van der Waals surface area contributed by atoms with Crippen LogP contribution in [-0.2, 0) is 20.1 Å². The van der Waals surface area contributed by atoms with Crippen molar-refractivity contribution < 1.29 is 0 Å². The van der Waals surface area contributed by atoms with Crippen LogP contribution in [0.2, 0.25) is 0 Å². The Kier molecular flexibility index (Phi) is 8.53. The molecular weight excluding hydrogens is 471 g/mol. The van der Waals surface area contributed by atoms with Gasteiger partial charge < -0.3 is 14.8 Å². The lowest BCUT2D eigenvalue weighted by Gasteiger charge is -2.22. The zero-order valence-electron chi connectivity index (χ0n) is 16.7. The van der Waals surface area contributed by atoms with Gasteiger partial charge in [-0.05, 0) is 43.0 Å². The fourth-order valence-corrected chi connectivity index (χ4v) is 4.11. The molecule has 3 rings (SSSR count). The Morgan fingerprint density at radius 2 is 2.22 bits per heavy atom. The number of guanidine groups is 1. The third-order valence-electron chi connectivity index (χ3n) is 4.94. The molecule has 0 saturated carbocycles. The van der Waals surface area contributed by atoms with Gasteiger partial charge in [-0.3, -0.25) is 0 Å². The van der Waals surface area contributed by atoms with Gasteiger partial charge in [0.05, 0.1) is 6.54 Å². The number of hydrogen-bond acceptors (Lipinski definition) is 4. The minimum absolute atomic E-state index is 0. The van der Waals surface area contributed by atoms with Crippen molar-refractivity contribution in [3.8, 4) is 0 Å². The number of aryl methyl sites for hydroxylation is 1. The summed E-state index contributed by atoms with van der Waals surface area (Å²) in [5.41, 5.74) is 0. The molecule has 2 aromatic rings. The van der Waals surface area contributed by atoms with E-state index in [4.69, 9.17) is 4.99 Å². The maximum absolute atomic E-state index is 4.88. The van der Waals surface area contributed by atoms with Crippen molar-refractivity contribution in [1.82, 2.24) is 25.0 Å². The molecule has 1 aliphatic rings. The molecule has 27 heavy (non-hydrogen) atoms. The highest BCUT2D eigenvalue weighted by Gasteiger charge is 2.25. The summed E-state index contributed by atoms with van der Waals surface area (Å²) in [6, 6.07) is 4.25. The lowest BCUT2D eigenvalue weighted by molar-refractivity contribution is 0.403. The number of likely N-dealkylation sites (tertiary alicyclic amines) is 1. The van der Waals surface area contributed by atoms with Crippen molar-refractivity contribution in [3.63, 3.8) is 0 Å². The van der Waals surface area contributed by atoms with Gasteiger partial charge in [-0.1, -0.05) is 19.9 Å². The molecule has 1 fully saturated rings. The fourth-order valence-electron chi connectivity index (χ4n) is 3.47. The zero-order chi connectivity index (χ0) is 18.5. The summed E-state index contributed by atoms with van der Waals surface area (Å²) in [5, 5.41) is 14.1. The van der Waals surface area contributed by atoms with Crippen LogP contribution in [0.3, 0.4) is 0 Å². The van der Waals surface area contributed by atoms with E-state index >= 15 is 0 Å². The highest BCUT2D eigenvalue weighted by Crippen LogP contribution is 2.23. The number of aromatic nitrogens is 3. The summed E-state index contributed by atoms with van der Waals surface area (Å²) in [5.74, 6) is 4.32. The molecule has 1 unspecified atom stereocenters. The Morgan fingerprint density at radius 3 is 2.85 bits per heavy atom. The Balaban J connectivity index is 0.00000261. The van der Waals surface area contributed by atoms with Crippen molar-refractivity contribution in [2.24, 2.45) is 23.9 Å². The summed E-state index contributed by atoms with van der Waals surface area (Å²) in [6.07, 6.45) is 2.54. The van der Waals surface area contributed by atoms with Crippen LogP contribution < -0.4 is 5.32 Å². The first-order chi connectivity index (χ1) is 12.5. The van der Waals surface area contributed by atoms with Gasteiger partial charge in [0.25, 0.3) is 0 Å². The molecule has 0 radical (unpaired) electrons. The third kappa shape index (κ3) is 6.17. The van der Waals surface area contributed by atoms with Gasteiger partial charge in [0.2, 0.25) is 0 Å². The van der Waals surface area contributed by atoms with Crippen LogP contribution in [0.5, 0.6) is 0 Å². The summed E-state index contributed by atoms with van der Waals surface area (Å²) in [7, 11) is 1.99. The lowest BCUT2D eigenvalue weighted by atomic mass is 9.97. The maximum Gasteiger partial charge on any atom is 0.194 e. The van der Waals surface area contributed by atoms with Crippen molar-refractivity contribution >= 4 is 41.3 Å². The fraction of sp³-hybridized carbons (Fsp3) is 0.632. The van der Waals surface area contributed by atoms with Crippen molar-refractivity contribution in [2.45, 2.75) is 46.7 Å². The number of aliphatic imine (C=N–C) groups is 1. The van der Waals surface area contributed by atoms with Crippen LogP contribution in [0.4, 0.5) is 0 Å². The molecule has 6 nitrogen and oxygen atoms in total. The van der Waals surface area contributed by atoms with Crippen LogP contribution in [0, 0.1) is 18.8 Å². The number of nitrogens with one attached hydrogen (secondary N) is 1. The van der Waals surface area contributed by atoms with Crippen LogP contribution in [0.25, 0.3) is 0 Å². The van der Waals surface area contributed by atoms with Gasteiger partial charge in [0, 0.05) is 25.0 Å². The second-order valence-corrected chi connectivity index (χ2v) is 8.56. The summed E-state index contributed by atoms with van der Waals surface area (Å²) in [4.78, 5) is 8.61. The number of thiophene rings is 1. The van der Waals surface area contributed by atoms with E-state index in [9.17, 15) is 0 Å². The number of nitrogens with zero attached hydrogens (tertiary/aromatic N) is 5. The largest absolute Gasteiger partial charge is 0.351 e. The minimum atomic E-state index is 0. The Morgan fingerprint density at radius 1 is 1.41 bits per heavy atom.